The van der Waals surface area contributed by atoms with Crippen LogP contribution in [0.3, 0.4) is 0 Å². The molecule has 2 rings (SSSR count). The van der Waals surface area contributed by atoms with Crippen molar-refractivity contribution in [3.63, 3.8) is 0 Å². The van der Waals surface area contributed by atoms with Crippen molar-refractivity contribution < 1.29 is 9.53 Å². The summed E-state index contributed by atoms with van der Waals surface area (Å²) in [5, 5.41) is 5.91. The van der Waals surface area contributed by atoms with E-state index < -0.39 is 0 Å². The Morgan fingerprint density at radius 3 is 2.90 bits per heavy atom. The number of anilines is 2. The highest BCUT2D eigenvalue weighted by atomic mass is 16.5. The van der Waals surface area contributed by atoms with Crippen LogP contribution in [0.4, 0.5) is 11.9 Å². The molecule has 1 aromatic heterocycles. The summed E-state index contributed by atoms with van der Waals surface area (Å²) in [5.74, 6) is 1.10. The molecule has 8 nitrogen and oxygen atoms in total. The molecule has 1 fully saturated rings. The Kier molecular flexibility index (Phi) is 5.53. The molecule has 0 bridgehead atoms. The summed E-state index contributed by atoms with van der Waals surface area (Å²) in [5.41, 5.74) is 0. The molecule has 1 aliphatic rings. The quantitative estimate of drug-likeness (QED) is 0.785. The van der Waals surface area contributed by atoms with Crippen molar-refractivity contribution in [1.82, 2.24) is 20.3 Å². The van der Waals surface area contributed by atoms with E-state index in [1.165, 1.54) is 0 Å². The normalized spacial score (nSPS) is 15.3. The predicted octanol–water partition coefficient (Wildman–Crippen LogP) is 0.418. The smallest absolute Gasteiger partial charge is 0.323 e. The van der Waals surface area contributed by atoms with E-state index in [2.05, 4.69) is 25.6 Å². The van der Waals surface area contributed by atoms with E-state index >= 15 is 0 Å². The molecule has 0 saturated carbocycles. The van der Waals surface area contributed by atoms with Gasteiger partial charge >= 0.3 is 6.01 Å². The summed E-state index contributed by atoms with van der Waals surface area (Å²) >= 11 is 0. The van der Waals surface area contributed by atoms with E-state index in [1.54, 1.807) is 0 Å². The van der Waals surface area contributed by atoms with Crippen LogP contribution in [0.25, 0.3) is 0 Å². The van der Waals surface area contributed by atoms with Crippen molar-refractivity contribution in [2.45, 2.75) is 26.7 Å². The monoisotopic (exact) mass is 294 g/mol. The lowest BCUT2D eigenvalue weighted by Crippen LogP contribution is -2.30. The van der Waals surface area contributed by atoms with Crippen LogP contribution < -0.4 is 20.3 Å². The molecule has 21 heavy (non-hydrogen) atoms. The maximum Gasteiger partial charge on any atom is 0.323 e. The molecular formula is C13H22N6O2. The molecule has 2 N–H and O–H groups in total. The number of nitrogens with one attached hydrogen (secondary N) is 2. The van der Waals surface area contributed by atoms with Gasteiger partial charge in [-0.1, -0.05) is 6.92 Å². The highest BCUT2D eigenvalue weighted by Gasteiger charge is 2.18. The van der Waals surface area contributed by atoms with Crippen molar-refractivity contribution in [3.05, 3.63) is 0 Å². The van der Waals surface area contributed by atoms with Crippen molar-refractivity contribution in [3.8, 4) is 6.01 Å². The van der Waals surface area contributed by atoms with E-state index in [0.29, 0.717) is 50.6 Å². The van der Waals surface area contributed by atoms with Crippen LogP contribution in [-0.2, 0) is 4.79 Å². The van der Waals surface area contributed by atoms with Crippen molar-refractivity contribution in [2.24, 2.45) is 0 Å². The summed E-state index contributed by atoms with van der Waals surface area (Å²) in [6.45, 7) is 7.14. The fourth-order valence-corrected chi connectivity index (χ4v) is 1.95. The van der Waals surface area contributed by atoms with Gasteiger partial charge in [0.25, 0.3) is 0 Å². The van der Waals surface area contributed by atoms with E-state index in [-0.39, 0.29) is 5.91 Å². The molecule has 0 radical (unpaired) electrons. The lowest BCUT2D eigenvalue weighted by atomic mass is 10.4. The maximum atomic E-state index is 11.4. The van der Waals surface area contributed by atoms with Crippen molar-refractivity contribution in [2.75, 3.05) is 43.0 Å². The first-order chi connectivity index (χ1) is 10.2. The second kappa shape index (κ2) is 7.61. The summed E-state index contributed by atoms with van der Waals surface area (Å²) < 4.78 is 5.51. The third-order valence-corrected chi connectivity index (χ3v) is 2.97. The third kappa shape index (κ3) is 4.44. The van der Waals surface area contributed by atoms with E-state index in [0.717, 1.165) is 13.0 Å². The lowest BCUT2D eigenvalue weighted by Gasteiger charge is -2.20. The molecule has 0 spiro atoms. The van der Waals surface area contributed by atoms with Gasteiger partial charge in [0.05, 0.1) is 6.61 Å². The first kappa shape index (κ1) is 15.3. The van der Waals surface area contributed by atoms with E-state index in [1.807, 2.05) is 18.7 Å². The number of aromatic nitrogens is 3. The van der Waals surface area contributed by atoms with Gasteiger partial charge in [0.2, 0.25) is 17.8 Å². The number of hydrogen-bond donors (Lipinski definition) is 2. The van der Waals surface area contributed by atoms with Crippen molar-refractivity contribution in [1.29, 1.82) is 0 Å². The third-order valence-electron chi connectivity index (χ3n) is 2.97. The van der Waals surface area contributed by atoms with Gasteiger partial charge in [0.15, 0.2) is 0 Å². The number of rotatable bonds is 6. The number of carbonyl (C=O) groups excluding carboxylic acids is 1. The highest BCUT2D eigenvalue weighted by Crippen LogP contribution is 2.16. The van der Waals surface area contributed by atoms with Gasteiger partial charge in [-0.05, 0) is 13.3 Å². The Hall–Kier alpha value is -2.12. The van der Waals surface area contributed by atoms with Crippen LogP contribution in [0.1, 0.15) is 26.7 Å². The van der Waals surface area contributed by atoms with Crippen LogP contribution in [0.15, 0.2) is 0 Å². The fourth-order valence-electron chi connectivity index (χ4n) is 1.95. The molecule has 1 saturated heterocycles. The van der Waals surface area contributed by atoms with E-state index in [4.69, 9.17) is 4.74 Å². The zero-order valence-electron chi connectivity index (χ0n) is 12.6. The molecule has 0 aliphatic carbocycles. The van der Waals surface area contributed by atoms with Gasteiger partial charge < -0.3 is 20.3 Å². The Bertz CT molecular complexity index is 482. The van der Waals surface area contributed by atoms with Gasteiger partial charge in [-0.3, -0.25) is 4.79 Å². The Balaban J connectivity index is 2.19. The standard InChI is InChI=1S/C13H22N6O2/c1-3-9-21-13-17-11(14-4-2)16-12(18-13)19-7-5-10(20)15-6-8-19/h3-9H2,1-2H3,(H,15,20)(H,14,16,17,18). The lowest BCUT2D eigenvalue weighted by molar-refractivity contribution is -0.120. The summed E-state index contributed by atoms with van der Waals surface area (Å²) in [7, 11) is 0. The molecule has 8 heteroatoms. The first-order valence-corrected chi connectivity index (χ1v) is 7.37. The fraction of sp³-hybridized carbons (Fsp3) is 0.692. The topological polar surface area (TPSA) is 92.3 Å². The first-order valence-electron chi connectivity index (χ1n) is 7.37. The summed E-state index contributed by atoms with van der Waals surface area (Å²) in [4.78, 5) is 26.4. The number of amides is 1. The minimum atomic E-state index is 0.0564. The molecule has 1 aliphatic heterocycles. The molecule has 116 valence electrons. The van der Waals surface area contributed by atoms with Crippen LogP contribution in [0.5, 0.6) is 6.01 Å². The number of hydrogen-bond acceptors (Lipinski definition) is 7. The molecular weight excluding hydrogens is 272 g/mol. The Morgan fingerprint density at radius 1 is 1.29 bits per heavy atom. The van der Waals surface area contributed by atoms with Crippen LogP contribution in [0, 0.1) is 0 Å². The second-order valence-electron chi connectivity index (χ2n) is 4.71. The summed E-state index contributed by atoms with van der Waals surface area (Å²) in [6.07, 6.45) is 1.33. The second-order valence-corrected chi connectivity index (χ2v) is 4.71. The van der Waals surface area contributed by atoms with Gasteiger partial charge in [0.1, 0.15) is 0 Å². The van der Waals surface area contributed by atoms with Gasteiger partial charge in [-0.15, -0.1) is 0 Å². The highest BCUT2D eigenvalue weighted by molar-refractivity contribution is 5.77. The molecule has 0 unspecified atom stereocenters. The van der Waals surface area contributed by atoms with Gasteiger partial charge in [-0.25, -0.2) is 0 Å². The molecule has 1 amide bonds. The van der Waals surface area contributed by atoms with Crippen LogP contribution in [-0.4, -0.2) is 53.6 Å². The van der Waals surface area contributed by atoms with E-state index in [9.17, 15) is 4.79 Å². The zero-order valence-corrected chi connectivity index (χ0v) is 12.6. The number of carbonyl (C=O) groups is 1. The summed E-state index contributed by atoms with van der Waals surface area (Å²) in [6, 6.07) is 0.321. The zero-order chi connectivity index (χ0) is 15.1. The Labute approximate surface area is 124 Å². The van der Waals surface area contributed by atoms with Gasteiger partial charge in [0, 0.05) is 32.6 Å². The largest absolute Gasteiger partial charge is 0.463 e. The van der Waals surface area contributed by atoms with Crippen molar-refractivity contribution >= 4 is 17.8 Å². The maximum absolute atomic E-state index is 11.4. The molecule has 0 atom stereocenters. The molecule has 1 aromatic rings. The number of ether oxygens (including phenoxy) is 1. The van der Waals surface area contributed by atoms with Crippen LogP contribution >= 0.6 is 0 Å². The SMILES string of the molecule is CCCOc1nc(NCC)nc(N2CCNC(=O)CC2)n1. The average molecular weight is 294 g/mol. The average Bonchev–Trinajstić information content (AvgIpc) is 2.70. The minimum Gasteiger partial charge on any atom is -0.463 e. The molecule has 2 heterocycles. The number of nitrogens with zero attached hydrogens (tertiary/aromatic N) is 4. The minimum absolute atomic E-state index is 0.0564. The Morgan fingerprint density at radius 2 is 2.14 bits per heavy atom. The predicted molar refractivity (Wildman–Crippen MR) is 79.6 cm³/mol. The molecule has 0 aromatic carbocycles. The van der Waals surface area contributed by atoms with Gasteiger partial charge in [-0.2, -0.15) is 15.0 Å². The van der Waals surface area contributed by atoms with Crippen LogP contribution in [0.2, 0.25) is 0 Å².